The average molecular weight is 357 g/mol. The van der Waals surface area contributed by atoms with Gasteiger partial charge in [-0.3, -0.25) is 4.79 Å². The Morgan fingerprint density at radius 3 is 2.85 bits per heavy atom. The predicted octanol–water partition coefficient (Wildman–Crippen LogP) is 1.47. The quantitative estimate of drug-likeness (QED) is 0.867. The summed E-state index contributed by atoms with van der Waals surface area (Å²) in [5.41, 5.74) is 1.79. The fraction of sp³-hybridized carbons (Fsp3) is 0.389. The van der Waals surface area contributed by atoms with Crippen LogP contribution >= 0.6 is 0 Å². The van der Waals surface area contributed by atoms with Gasteiger partial charge in [0, 0.05) is 24.8 Å². The first-order chi connectivity index (χ1) is 12.6. The van der Waals surface area contributed by atoms with E-state index < -0.39 is 0 Å². The molecule has 0 unspecified atom stereocenters. The standard InChI is InChI=1S/C18H23N5O3/c1-13(21-18(25)22-9-3-8-19-17(24)12-22)14-10-20-23(11-14)15-4-6-16(26-2)7-5-15/h4-7,10-11,13H,3,8-9,12H2,1-2H3,(H,19,24)(H,21,25)/t13-/m1/s1. The Bertz CT molecular complexity index is 771. The number of urea groups is 1. The highest BCUT2D eigenvalue weighted by Crippen LogP contribution is 2.17. The van der Waals surface area contributed by atoms with Crippen molar-refractivity contribution < 1.29 is 14.3 Å². The molecule has 8 nitrogen and oxygen atoms in total. The minimum absolute atomic E-state index is 0.0870. The SMILES string of the molecule is COc1ccc(-n2cc([C@@H](C)NC(=O)N3CCCNC(=O)C3)cn2)cc1. The van der Waals surface area contributed by atoms with Gasteiger partial charge in [-0.1, -0.05) is 0 Å². The van der Waals surface area contributed by atoms with Gasteiger partial charge in [-0.15, -0.1) is 0 Å². The summed E-state index contributed by atoms with van der Waals surface area (Å²) in [6.45, 7) is 3.14. The van der Waals surface area contributed by atoms with Gasteiger partial charge in [-0.2, -0.15) is 5.10 Å². The van der Waals surface area contributed by atoms with Gasteiger partial charge in [0.1, 0.15) is 12.3 Å². The molecule has 138 valence electrons. The normalized spacial score (nSPS) is 15.8. The number of nitrogens with one attached hydrogen (secondary N) is 2. The molecule has 1 aromatic carbocycles. The molecule has 3 rings (SSSR count). The van der Waals surface area contributed by atoms with Gasteiger partial charge in [0.25, 0.3) is 0 Å². The summed E-state index contributed by atoms with van der Waals surface area (Å²) in [4.78, 5) is 25.6. The van der Waals surface area contributed by atoms with Crippen LogP contribution in [0.25, 0.3) is 5.69 Å². The summed E-state index contributed by atoms with van der Waals surface area (Å²) in [5.74, 6) is 0.654. The smallest absolute Gasteiger partial charge is 0.318 e. The molecule has 2 N–H and O–H groups in total. The number of nitrogens with zero attached hydrogens (tertiary/aromatic N) is 3. The van der Waals surface area contributed by atoms with Crippen LogP contribution in [0, 0.1) is 0 Å². The summed E-state index contributed by atoms with van der Waals surface area (Å²) in [5, 5.41) is 10.0. The second kappa shape index (κ2) is 7.90. The van der Waals surface area contributed by atoms with Crippen molar-refractivity contribution in [3.8, 4) is 11.4 Å². The largest absolute Gasteiger partial charge is 0.497 e. The second-order valence-electron chi connectivity index (χ2n) is 6.21. The van der Waals surface area contributed by atoms with Crippen LogP contribution in [0.5, 0.6) is 5.75 Å². The van der Waals surface area contributed by atoms with Crippen LogP contribution in [-0.2, 0) is 4.79 Å². The molecule has 2 aromatic rings. The number of rotatable bonds is 4. The predicted molar refractivity (Wildman–Crippen MR) is 96.3 cm³/mol. The van der Waals surface area contributed by atoms with Crippen molar-refractivity contribution in [1.29, 1.82) is 0 Å². The molecule has 1 atom stereocenters. The molecule has 2 heterocycles. The van der Waals surface area contributed by atoms with E-state index in [-0.39, 0.29) is 24.5 Å². The number of aromatic nitrogens is 2. The average Bonchev–Trinajstić information content (AvgIpc) is 3.04. The van der Waals surface area contributed by atoms with E-state index in [2.05, 4.69) is 15.7 Å². The lowest BCUT2D eigenvalue weighted by Gasteiger charge is -2.22. The zero-order valence-corrected chi connectivity index (χ0v) is 14.9. The van der Waals surface area contributed by atoms with E-state index in [1.165, 1.54) is 4.90 Å². The van der Waals surface area contributed by atoms with Gasteiger partial charge in [0.2, 0.25) is 5.91 Å². The number of amides is 3. The van der Waals surface area contributed by atoms with Crippen molar-refractivity contribution in [2.24, 2.45) is 0 Å². The highest BCUT2D eigenvalue weighted by molar-refractivity contribution is 5.84. The van der Waals surface area contributed by atoms with Crippen molar-refractivity contribution >= 4 is 11.9 Å². The van der Waals surface area contributed by atoms with E-state index in [0.29, 0.717) is 13.1 Å². The summed E-state index contributed by atoms with van der Waals surface area (Å²) < 4.78 is 6.90. The Hall–Kier alpha value is -3.03. The fourth-order valence-corrected chi connectivity index (χ4v) is 2.78. The van der Waals surface area contributed by atoms with Gasteiger partial charge < -0.3 is 20.3 Å². The number of hydrogen-bond acceptors (Lipinski definition) is 4. The molecule has 3 amide bonds. The van der Waals surface area contributed by atoms with E-state index >= 15 is 0 Å². The Balaban J connectivity index is 1.64. The lowest BCUT2D eigenvalue weighted by molar-refractivity contribution is -0.121. The van der Waals surface area contributed by atoms with E-state index in [4.69, 9.17) is 4.74 Å². The zero-order valence-electron chi connectivity index (χ0n) is 14.9. The van der Waals surface area contributed by atoms with Crippen LogP contribution in [-0.4, -0.2) is 53.4 Å². The minimum Gasteiger partial charge on any atom is -0.497 e. The molecule has 0 bridgehead atoms. The number of methoxy groups -OCH3 is 1. The van der Waals surface area contributed by atoms with Crippen molar-refractivity contribution in [2.45, 2.75) is 19.4 Å². The van der Waals surface area contributed by atoms with Crippen LogP contribution in [0.3, 0.4) is 0 Å². The summed E-state index contributed by atoms with van der Waals surface area (Å²) >= 11 is 0. The maximum Gasteiger partial charge on any atom is 0.318 e. The van der Waals surface area contributed by atoms with Gasteiger partial charge in [-0.25, -0.2) is 9.48 Å². The van der Waals surface area contributed by atoms with Crippen LogP contribution in [0.4, 0.5) is 4.79 Å². The van der Waals surface area contributed by atoms with Crippen LogP contribution in [0.1, 0.15) is 24.9 Å². The van der Waals surface area contributed by atoms with E-state index in [9.17, 15) is 9.59 Å². The first-order valence-electron chi connectivity index (χ1n) is 8.58. The van der Waals surface area contributed by atoms with E-state index in [1.807, 2.05) is 37.4 Å². The first-order valence-corrected chi connectivity index (χ1v) is 8.58. The molecule has 8 heteroatoms. The Morgan fingerprint density at radius 1 is 1.35 bits per heavy atom. The van der Waals surface area contributed by atoms with Crippen molar-refractivity contribution in [1.82, 2.24) is 25.3 Å². The van der Waals surface area contributed by atoms with E-state index in [1.54, 1.807) is 18.0 Å². The summed E-state index contributed by atoms with van der Waals surface area (Å²) in [6, 6.07) is 7.09. The topological polar surface area (TPSA) is 88.5 Å². The lowest BCUT2D eigenvalue weighted by atomic mass is 10.2. The Morgan fingerprint density at radius 2 is 2.12 bits per heavy atom. The number of benzene rings is 1. The van der Waals surface area contributed by atoms with Gasteiger partial charge in [-0.05, 0) is 37.6 Å². The monoisotopic (exact) mass is 357 g/mol. The molecule has 0 saturated carbocycles. The number of carbonyl (C=O) groups is 2. The third kappa shape index (κ3) is 4.14. The molecule has 1 aromatic heterocycles. The molecule has 1 fully saturated rings. The van der Waals surface area contributed by atoms with Crippen LogP contribution < -0.4 is 15.4 Å². The van der Waals surface area contributed by atoms with Crippen molar-refractivity contribution in [2.75, 3.05) is 26.7 Å². The molecule has 0 spiro atoms. The van der Waals surface area contributed by atoms with Gasteiger partial charge >= 0.3 is 6.03 Å². The third-order valence-corrected chi connectivity index (χ3v) is 4.33. The van der Waals surface area contributed by atoms with Crippen LogP contribution in [0.2, 0.25) is 0 Å². The van der Waals surface area contributed by atoms with Crippen LogP contribution in [0.15, 0.2) is 36.7 Å². The summed E-state index contributed by atoms with van der Waals surface area (Å²) in [7, 11) is 1.62. The molecule has 1 aliphatic heterocycles. The minimum atomic E-state index is -0.244. The molecular formula is C18H23N5O3. The van der Waals surface area contributed by atoms with Crippen molar-refractivity contribution in [3.63, 3.8) is 0 Å². The second-order valence-corrected chi connectivity index (χ2v) is 6.21. The molecule has 0 aliphatic carbocycles. The zero-order chi connectivity index (χ0) is 18.5. The van der Waals surface area contributed by atoms with E-state index in [0.717, 1.165) is 23.4 Å². The maximum atomic E-state index is 12.4. The number of carbonyl (C=O) groups excluding carboxylic acids is 2. The first kappa shape index (κ1) is 17.8. The highest BCUT2D eigenvalue weighted by atomic mass is 16.5. The summed E-state index contributed by atoms with van der Waals surface area (Å²) in [6.07, 6.45) is 4.36. The Labute approximate surface area is 152 Å². The maximum absolute atomic E-state index is 12.4. The van der Waals surface area contributed by atoms with Gasteiger partial charge in [0.05, 0.1) is 25.0 Å². The molecular weight excluding hydrogens is 334 g/mol. The molecule has 0 radical (unpaired) electrons. The molecule has 26 heavy (non-hydrogen) atoms. The highest BCUT2D eigenvalue weighted by Gasteiger charge is 2.21. The third-order valence-electron chi connectivity index (χ3n) is 4.33. The van der Waals surface area contributed by atoms with Gasteiger partial charge in [0.15, 0.2) is 0 Å². The fourth-order valence-electron chi connectivity index (χ4n) is 2.78. The van der Waals surface area contributed by atoms with Crippen molar-refractivity contribution in [3.05, 3.63) is 42.2 Å². The number of ether oxygens (including phenoxy) is 1. The lowest BCUT2D eigenvalue weighted by Crippen LogP contribution is -2.44. The molecule has 1 saturated heterocycles. The Kier molecular flexibility index (Phi) is 5.40. The molecule has 1 aliphatic rings. The number of hydrogen-bond donors (Lipinski definition) is 2.